The van der Waals surface area contributed by atoms with Crippen molar-refractivity contribution in [3.8, 4) is 0 Å². The van der Waals surface area contributed by atoms with Crippen molar-refractivity contribution in [1.29, 1.82) is 0 Å². The van der Waals surface area contributed by atoms with Crippen LogP contribution in [-0.2, 0) is 0 Å². The van der Waals surface area contributed by atoms with Gasteiger partial charge in [-0.3, -0.25) is 0 Å². The van der Waals surface area contributed by atoms with Crippen LogP contribution in [-0.4, -0.2) is 12.2 Å². The molecule has 0 fully saturated rings. The minimum atomic E-state index is -4.09. The molecule has 0 amide bonds. The third kappa shape index (κ3) is 7.60. The fourth-order valence-corrected chi connectivity index (χ4v) is 0.842. The second-order valence-corrected chi connectivity index (χ2v) is 3.06. The van der Waals surface area contributed by atoms with E-state index in [9.17, 15) is 13.2 Å². The summed E-state index contributed by atoms with van der Waals surface area (Å²) in [6, 6.07) is -0.475. The topological polar surface area (TPSA) is 26.0 Å². The maximum atomic E-state index is 11.7. The molecule has 0 radical (unpaired) electrons. The van der Waals surface area contributed by atoms with Gasteiger partial charge in [0.25, 0.3) is 0 Å². The molecule has 72 valence electrons. The number of nitrogens with two attached hydrogens (primary N) is 1. The van der Waals surface area contributed by atoms with Gasteiger partial charge in [0.15, 0.2) is 0 Å². The molecule has 1 atom stereocenters. The van der Waals surface area contributed by atoms with Gasteiger partial charge in [0.05, 0.1) is 0 Å². The van der Waals surface area contributed by atoms with Gasteiger partial charge < -0.3 is 5.73 Å². The second-order valence-electron chi connectivity index (χ2n) is 3.06. The molecule has 2 N–H and O–H groups in total. The van der Waals surface area contributed by atoms with Gasteiger partial charge in [-0.15, -0.1) is 0 Å². The van der Waals surface area contributed by atoms with Crippen LogP contribution in [0, 0.1) is 0 Å². The van der Waals surface area contributed by atoms with Crippen LogP contribution in [0.2, 0.25) is 0 Å². The molecule has 0 aromatic carbocycles. The lowest BCUT2D eigenvalue weighted by molar-refractivity contribution is -0.135. The van der Waals surface area contributed by atoms with E-state index in [2.05, 4.69) is 0 Å². The van der Waals surface area contributed by atoms with Crippen molar-refractivity contribution in [3.63, 3.8) is 0 Å². The molecule has 1 nitrogen and oxygen atoms in total. The van der Waals surface area contributed by atoms with Crippen LogP contribution < -0.4 is 5.73 Å². The molecule has 0 aliphatic rings. The Kier molecular flexibility index (Phi) is 4.31. The van der Waals surface area contributed by atoms with Crippen molar-refractivity contribution in [2.75, 3.05) is 0 Å². The van der Waals surface area contributed by atoms with E-state index in [1.807, 2.05) is 13.8 Å². The molecule has 0 saturated carbocycles. The lowest BCUT2D eigenvalue weighted by Crippen LogP contribution is -2.20. The first kappa shape index (κ1) is 11.5. The smallest absolute Gasteiger partial charge is 0.324 e. The zero-order valence-electron chi connectivity index (χ0n) is 7.28. The Morgan fingerprint density at radius 1 is 1.42 bits per heavy atom. The zero-order chi connectivity index (χ0) is 9.78. The number of hydrogen-bond donors (Lipinski definition) is 1. The largest absolute Gasteiger partial charge is 0.389 e. The summed E-state index contributed by atoms with van der Waals surface area (Å²) in [6.07, 6.45) is -3.29. The first-order valence-electron chi connectivity index (χ1n) is 3.78. The van der Waals surface area contributed by atoms with E-state index < -0.39 is 18.6 Å². The quantitative estimate of drug-likeness (QED) is 0.665. The van der Waals surface area contributed by atoms with Crippen LogP contribution in [0.1, 0.15) is 26.7 Å². The highest BCUT2D eigenvalue weighted by molar-refractivity contribution is 4.99. The minimum absolute atomic E-state index is 0.0331. The van der Waals surface area contributed by atoms with Gasteiger partial charge in [0.2, 0.25) is 0 Å². The van der Waals surface area contributed by atoms with Crippen molar-refractivity contribution < 1.29 is 13.2 Å². The van der Waals surface area contributed by atoms with Crippen molar-refractivity contribution in [3.05, 3.63) is 11.6 Å². The molecule has 0 aliphatic carbocycles. The maximum absolute atomic E-state index is 11.7. The summed E-state index contributed by atoms with van der Waals surface area (Å²) in [4.78, 5) is 0. The highest BCUT2D eigenvalue weighted by atomic mass is 19.4. The fraction of sp³-hybridized carbons (Fsp3) is 0.750. The third-order valence-electron chi connectivity index (χ3n) is 1.31. The lowest BCUT2D eigenvalue weighted by atomic mass is 10.1. The molecule has 0 saturated heterocycles. The van der Waals surface area contributed by atoms with E-state index in [1.54, 1.807) is 6.08 Å². The predicted octanol–water partition coefficient (Wildman–Crippen LogP) is 2.62. The van der Waals surface area contributed by atoms with Crippen molar-refractivity contribution in [2.24, 2.45) is 5.73 Å². The summed E-state index contributed by atoms with van der Waals surface area (Å²) in [5.74, 6) is 0. The molecule has 0 bridgehead atoms. The van der Waals surface area contributed by atoms with E-state index in [0.717, 1.165) is 5.57 Å². The molecule has 0 rings (SSSR count). The Hall–Kier alpha value is -0.510. The predicted molar refractivity (Wildman–Crippen MR) is 42.7 cm³/mol. The summed E-state index contributed by atoms with van der Waals surface area (Å²) in [6.45, 7) is 3.63. The summed E-state index contributed by atoms with van der Waals surface area (Å²) in [5.41, 5.74) is 6.35. The van der Waals surface area contributed by atoms with Crippen LogP contribution in [0.15, 0.2) is 11.6 Å². The maximum Gasteiger partial charge on any atom is 0.389 e. The second kappa shape index (κ2) is 4.50. The van der Waals surface area contributed by atoms with E-state index in [0.29, 0.717) is 0 Å². The normalized spacial score (nSPS) is 14.2. The van der Waals surface area contributed by atoms with Crippen LogP contribution >= 0.6 is 0 Å². The number of rotatable bonds is 3. The molecule has 0 heterocycles. The van der Waals surface area contributed by atoms with Gasteiger partial charge in [-0.2, -0.15) is 13.2 Å². The highest BCUT2D eigenvalue weighted by Crippen LogP contribution is 2.22. The molecule has 1 unspecified atom stereocenters. The number of hydrogen-bond acceptors (Lipinski definition) is 1. The number of halogens is 3. The number of allylic oxidation sites excluding steroid dienone is 1. The zero-order valence-corrected chi connectivity index (χ0v) is 7.28. The summed E-state index contributed by atoms with van der Waals surface area (Å²) >= 11 is 0. The Balaban J connectivity index is 3.73. The summed E-state index contributed by atoms with van der Waals surface area (Å²) in [7, 11) is 0. The Morgan fingerprint density at radius 2 is 1.92 bits per heavy atom. The van der Waals surface area contributed by atoms with Gasteiger partial charge in [0, 0.05) is 12.5 Å². The van der Waals surface area contributed by atoms with Crippen molar-refractivity contribution in [1.82, 2.24) is 0 Å². The van der Waals surface area contributed by atoms with Crippen molar-refractivity contribution in [2.45, 2.75) is 38.9 Å². The monoisotopic (exact) mass is 181 g/mol. The molecule has 0 aromatic heterocycles. The van der Waals surface area contributed by atoms with Gasteiger partial charge in [-0.25, -0.2) is 0 Å². The fourth-order valence-electron chi connectivity index (χ4n) is 0.842. The Bertz CT molecular complexity index is 156. The molecule has 4 heteroatoms. The van der Waals surface area contributed by atoms with Gasteiger partial charge in [0.1, 0.15) is 0 Å². The van der Waals surface area contributed by atoms with E-state index >= 15 is 0 Å². The standard InChI is InChI=1S/C8H14F3N/c1-6(2)5-7(12)3-4-8(9,10)11/h5,7H,3-4,12H2,1-2H3. The molecule has 0 aliphatic heterocycles. The average Bonchev–Trinajstić information content (AvgIpc) is 1.80. The number of alkyl halides is 3. The van der Waals surface area contributed by atoms with Gasteiger partial charge in [-0.05, 0) is 20.3 Å². The van der Waals surface area contributed by atoms with Crippen molar-refractivity contribution >= 4 is 0 Å². The van der Waals surface area contributed by atoms with Crippen LogP contribution in [0.5, 0.6) is 0 Å². The summed E-state index contributed by atoms with van der Waals surface area (Å²) < 4.78 is 35.0. The lowest BCUT2D eigenvalue weighted by Gasteiger charge is -2.09. The van der Waals surface area contributed by atoms with E-state index in [1.165, 1.54) is 0 Å². The SMILES string of the molecule is CC(C)=CC(N)CCC(F)(F)F. The van der Waals surface area contributed by atoms with E-state index in [4.69, 9.17) is 5.73 Å². The van der Waals surface area contributed by atoms with Gasteiger partial charge >= 0.3 is 6.18 Å². The Morgan fingerprint density at radius 3 is 2.25 bits per heavy atom. The molecular weight excluding hydrogens is 167 g/mol. The average molecular weight is 181 g/mol. The van der Waals surface area contributed by atoms with E-state index in [-0.39, 0.29) is 6.42 Å². The van der Waals surface area contributed by atoms with Crippen LogP contribution in [0.3, 0.4) is 0 Å². The van der Waals surface area contributed by atoms with Crippen LogP contribution in [0.4, 0.5) is 13.2 Å². The molecular formula is C8H14F3N. The molecule has 0 aromatic rings. The minimum Gasteiger partial charge on any atom is -0.324 e. The Labute approximate surface area is 70.4 Å². The van der Waals surface area contributed by atoms with Gasteiger partial charge in [-0.1, -0.05) is 11.6 Å². The molecule has 0 spiro atoms. The highest BCUT2D eigenvalue weighted by Gasteiger charge is 2.26. The third-order valence-corrected chi connectivity index (χ3v) is 1.31. The first-order chi connectivity index (χ1) is 5.31. The molecule has 12 heavy (non-hydrogen) atoms. The first-order valence-corrected chi connectivity index (χ1v) is 3.78. The van der Waals surface area contributed by atoms with Crippen LogP contribution in [0.25, 0.3) is 0 Å². The summed E-state index contributed by atoms with van der Waals surface area (Å²) in [5, 5.41) is 0.